The lowest BCUT2D eigenvalue weighted by atomic mass is 9.49. The van der Waals surface area contributed by atoms with Gasteiger partial charge >= 0.3 is 5.97 Å². The second-order valence-corrected chi connectivity index (χ2v) is 8.60. The third-order valence-corrected chi connectivity index (χ3v) is 6.59. The van der Waals surface area contributed by atoms with Crippen LogP contribution in [0.5, 0.6) is 0 Å². The SMILES string of the molecule is O=C(CCNC(=O)C12CC3CC(CC(C3)C1)C2)Nc1ccccc1C(=O)O. The quantitative estimate of drug-likeness (QED) is 0.717. The van der Waals surface area contributed by atoms with Gasteiger partial charge in [-0.3, -0.25) is 9.59 Å². The zero-order chi connectivity index (χ0) is 19.0. The molecule has 0 unspecified atom stereocenters. The molecule has 0 aromatic heterocycles. The van der Waals surface area contributed by atoms with E-state index in [1.807, 2.05) is 0 Å². The van der Waals surface area contributed by atoms with Crippen molar-refractivity contribution in [3.05, 3.63) is 29.8 Å². The van der Waals surface area contributed by atoms with Crippen LogP contribution in [0.3, 0.4) is 0 Å². The van der Waals surface area contributed by atoms with E-state index in [1.54, 1.807) is 18.2 Å². The van der Waals surface area contributed by atoms with Gasteiger partial charge in [0, 0.05) is 18.4 Å². The smallest absolute Gasteiger partial charge is 0.337 e. The second kappa shape index (κ2) is 6.98. The molecule has 1 aromatic rings. The third kappa shape index (κ3) is 3.57. The van der Waals surface area contributed by atoms with Crippen molar-refractivity contribution < 1.29 is 19.5 Å². The molecule has 0 radical (unpaired) electrons. The van der Waals surface area contributed by atoms with Gasteiger partial charge in [0.25, 0.3) is 0 Å². The molecule has 0 heterocycles. The molecule has 27 heavy (non-hydrogen) atoms. The van der Waals surface area contributed by atoms with E-state index < -0.39 is 5.97 Å². The van der Waals surface area contributed by atoms with Crippen molar-refractivity contribution >= 4 is 23.5 Å². The van der Waals surface area contributed by atoms with Crippen molar-refractivity contribution in [1.29, 1.82) is 0 Å². The lowest BCUT2D eigenvalue weighted by Crippen LogP contribution is -2.53. The maximum Gasteiger partial charge on any atom is 0.337 e. The molecule has 4 saturated carbocycles. The van der Waals surface area contributed by atoms with E-state index in [1.165, 1.54) is 25.3 Å². The van der Waals surface area contributed by atoms with Crippen LogP contribution in [0.4, 0.5) is 5.69 Å². The van der Waals surface area contributed by atoms with Crippen LogP contribution in [0.2, 0.25) is 0 Å². The molecule has 6 nitrogen and oxygen atoms in total. The fraction of sp³-hybridized carbons (Fsp3) is 0.571. The van der Waals surface area contributed by atoms with Gasteiger partial charge in [0.1, 0.15) is 0 Å². The predicted octanol–water partition coefficient (Wildman–Crippen LogP) is 3.05. The van der Waals surface area contributed by atoms with Crippen LogP contribution < -0.4 is 10.6 Å². The van der Waals surface area contributed by atoms with E-state index in [0.29, 0.717) is 17.8 Å². The van der Waals surface area contributed by atoms with Gasteiger partial charge in [-0.05, 0) is 68.4 Å². The summed E-state index contributed by atoms with van der Waals surface area (Å²) in [5, 5.41) is 14.8. The molecular weight excluding hydrogens is 344 g/mol. The minimum Gasteiger partial charge on any atom is -0.478 e. The predicted molar refractivity (Wildman–Crippen MR) is 100 cm³/mol. The first-order valence-corrected chi connectivity index (χ1v) is 9.86. The van der Waals surface area contributed by atoms with Crippen LogP contribution in [0.1, 0.15) is 55.3 Å². The molecule has 4 bridgehead atoms. The number of benzene rings is 1. The van der Waals surface area contributed by atoms with E-state index in [4.69, 9.17) is 0 Å². The lowest BCUT2D eigenvalue weighted by molar-refractivity contribution is -0.146. The topological polar surface area (TPSA) is 95.5 Å². The van der Waals surface area contributed by atoms with Gasteiger partial charge in [0.2, 0.25) is 11.8 Å². The summed E-state index contributed by atoms with van der Waals surface area (Å²) in [6.45, 7) is 0.279. The number of carboxylic acid groups (broad SMARTS) is 1. The highest BCUT2D eigenvalue weighted by Crippen LogP contribution is 2.60. The van der Waals surface area contributed by atoms with E-state index in [9.17, 15) is 19.5 Å². The Morgan fingerprint density at radius 1 is 1.00 bits per heavy atom. The van der Waals surface area contributed by atoms with Crippen molar-refractivity contribution in [3.63, 3.8) is 0 Å². The van der Waals surface area contributed by atoms with Crippen molar-refractivity contribution in [2.45, 2.75) is 44.9 Å². The molecule has 2 amide bonds. The Morgan fingerprint density at radius 3 is 2.19 bits per heavy atom. The number of rotatable bonds is 6. The van der Waals surface area contributed by atoms with Crippen molar-refractivity contribution in [3.8, 4) is 0 Å². The molecule has 1 aromatic carbocycles. The molecule has 6 heteroatoms. The molecule has 144 valence electrons. The van der Waals surface area contributed by atoms with Gasteiger partial charge in [0.05, 0.1) is 11.3 Å². The Hall–Kier alpha value is -2.37. The first kappa shape index (κ1) is 18.0. The molecule has 3 N–H and O–H groups in total. The third-order valence-electron chi connectivity index (χ3n) is 6.59. The highest BCUT2D eigenvalue weighted by molar-refractivity contribution is 6.00. The molecule has 4 fully saturated rings. The summed E-state index contributed by atoms with van der Waals surface area (Å²) in [6.07, 6.45) is 7.01. The molecule has 4 aliphatic carbocycles. The van der Waals surface area contributed by atoms with Gasteiger partial charge in [-0.2, -0.15) is 0 Å². The van der Waals surface area contributed by atoms with Gasteiger partial charge in [-0.1, -0.05) is 12.1 Å². The summed E-state index contributed by atoms with van der Waals surface area (Å²) in [6, 6.07) is 6.31. The first-order valence-electron chi connectivity index (χ1n) is 9.86. The minimum atomic E-state index is -1.08. The fourth-order valence-corrected chi connectivity index (χ4v) is 5.86. The van der Waals surface area contributed by atoms with E-state index in [-0.39, 0.29) is 41.4 Å². The molecule has 0 aliphatic heterocycles. The zero-order valence-corrected chi connectivity index (χ0v) is 15.4. The lowest BCUT2D eigenvalue weighted by Gasteiger charge is -2.55. The van der Waals surface area contributed by atoms with E-state index >= 15 is 0 Å². The number of nitrogens with one attached hydrogen (secondary N) is 2. The normalized spacial score (nSPS) is 30.7. The number of para-hydroxylation sites is 1. The minimum absolute atomic E-state index is 0.0588. The van der Waals surface area contributed by atoms with Crippen LogP contribution in [0.15, 0.2) is 24.3 Å². The number of carbonyl (C=O) groups excluding carboxylic acids is 2. The average Bonchev–Trinajstić information content (AvgIpc) is 2.60. The van der Waals surface area contributed by atoms with Crippen LogP contribution >= 0.6 is 0 Å². The number of aromatic carboxylic acids is 1. The molecule has 0 atom stereocenters. The zero-order valence-electron chi connectivity index (χ0n) is 15.4. The molecule has 0 saturated heterocycles. The standard InChI is InChI=1S/C21H26N2O4/c24-18(23-17-4-2-1-3-16(17)19(25)26)5-6-22-20(27)21-10-13-7-14(11-21)9-15(8-13)12-21/h1-4,13-15H,5-12H2,(H,22,27)(H,23,24)(H,25,26). The summed E-state index contributed by atoms with van der Waals surface area (Å²) in [7, 11) is 0. The van der Waals surface area contributed by atoms with Gasteiger partial charge in [-0.15, -0.1) is 0 Å². The summed E-state index contributed by atoms with van der Waals surface area (Å²) in [4.78, 5) is 36.2. The summed E-state index contributed by atoms with van der Waals surface area (Å²) >= 11 is 0. The average molecular weight is 370 g/mol. The Bertz CT molecular complexity index is 738. The molecular formula is C21H26N2O4. The van der Waals surface area contributed by atoms with Gasteiger partial charge in [-0.25, -0.2) is 4.79 Å². The maximum atomic E-state index is 12.9. The molecule has 0 spiro atoms. The number of carboxylic acids is 1. The van der Waals surface area contributed by atoms with Crippen molar-refractivity contribution in [1.82, 2.24) is 5.32 Å². The van der Waals surface area contributed by atoms with Crippen LogP contribution in [0, 0.1) is 23.2 Å². The van der Waals surface area contributed by atoms with E-state index in [2.05, 4.69) is 10.6 Å². The summed E-state index contributed by atoms with van der Waals surface area (Å²) < 4.78 is 0. The van der Waals surface area contributed by atoms with Crippen molar-refractivity contribution in [2.75, 3.05) is 11.9 Å². The Balaban J connectivity index is 1.29. The van der Waals surface area contributed by atoms with Gasteiger partial charge in [0.15, 0.2) is 0 Å². The number of hydrogen-bond acceptors (Lipinski definition) is 3. The first-order chi connectivity index (χ1) is 12.9. The van der Waals surface area contributed by atoms with Crippen LogP contribution in [-0.2, 0) is 9.59 Å². The Kier molecular flexibility index (Phi) is 4.66. The molecule has 5 rings (SSSR count). The highest BCUT2D eigenvalue weighted by atomic mass is 16.4. The number of hydrogen-bond donors (Lipinski definition) is 3. The highest BCUT2D eigenvalue weighted by Gasteiger charge is 2.54. The van der Waals surface area contributed by atoms with Crippen LogP contribution in [0.25, 0.3) is 0 Å². The monoisotopic (exact) mass is 370 g/mol. The second-order valence-electron chi connectivity index (χ2n) is 8.60. The Morgan fingerprint density at radius 2 is 1.59 bits per heavy atom. The number of anilines is 1. The van der Waals surface area contributed by atoms with Crippen molar-refractivity contribution in [2.24, 2.45) is 23.2 Å². The number of carbonyl (C=O) groups is 3. The van der Waals surface area contributed by atoms with E-state index in [0.717, 1.165) is 19.3 Å². The largest absolute Gasteiger partial charge is 0.478 e. The fourth-order valence-electron chi connectivity index (χ4n) is 5.86. The summed E-state index contributed by atoms with van der Waals surface area (Å²) in [5.41, 5.74) is 0.132. The number of amides is 2. The summed E-state index contributed by atoms with van der Waals surface area (Å²) in [5.74, 6) is 0.851. The Labute approximate surface area is 158 Å². The molecule has 4 aliphatic rings. The van der Waals surface area contributed by atoms with Gasteiger partial charge < -0.3 is 15.7 Å². The van der Waals surface area contributed by atoms with Crippen LogP contribution in [-0.4, -0.2) is 29.4 Å². The maximum absolute atomic E-state index is 12.9.